The fourth-order valence-electron chi connectivity index (χ4n) is 2.59. The Balaban J connectivity index is 0.00000242. The lowest BCUT2D eigenvalue weighted by atomic mass is 10.00. The number of ether oxygens (including phenoxy) is 1. The van der Waals surface area contributed by atoms with E-state index in [0.717, 1.165) is 0 Å². The number of benzene rings is 1. The number of hydrogen-bond acceptors (Lipinski definition) is 4. The lowest BCUT2D eigenvalue weighted by Crippen LogP contribution is -2.46. The zero-order valence-electron chi connectivity index (χ0n) is 12.6. The number of phenols is 1. The molecular formula is C14H21Cl2F3N2O2. The molecule has 1 aromatic carbocycles. The fourth-order valence-corrected chi connectivity index (χ4v) is 2.59. The number of rotatable bonds is 4. The summed E-state index contributed by atoms with van der Waals surface area (Å²) >= 11 is 0. The average molecular weight is 377 g/mol. The number of halogens is 5. The van der Waals surface area contributed by atoms with Crippen LogP contribution in [0, 0.1) is 0 Å². The van der Waals surface area contributed by atoms with Gasteiger partial charge in [0, 0.05) is 32.2 Å². The molecule has 1 saturated heterocycles. The molecule has 1 aliphatic rings. The number of methoxy groups -OCH3 is 1. The van der Waals surface area contributed by atoms with Crippen molar-refractivity contribution >= 4 is 24.8 Å². The van der Waals surface area contributed by atoms with Crippen molar-refractivity contribution in [2.45, 2.75) is 18.6 Å². The van der Waals surface area contributed by atoms with Gasteiger partial charge < -0.3 is 15.2 Å². The summed E-state index contributed by atoms with van der Waals surface area (Å²) in [6, 6.07) is 3.65. The van der Waals surface area contributed by atoms with Crippen LogP contribution in [-0.2, 0) is 0 Å². The summed E-state index contributed by atoms with van der Waals surface area (Å²) in [7, 11) is 1.40. The van der Waals surface area contributed by atoms with Gasteiger partial charge in [-0.2, -0.15) is 13.2 Å². The van der Waals surface area contributed by atoms with E-state index in [1.54, 1.807) is 11.0 Å². The third-order valence-electron chi connectivity index (χ3n) is 3.60. The van der Waals surface area contributed by atoms with Crippen LogP contribution in [-0.4, -0.2) is 49.5 Å². The fraction of sp³-hybridized carbons (Fsp3) is 0.571. The molecule has 134 valence electrons. The van der Waals surface area contributed by atoms with Crippen LogP contribution < -0.4 is 10.1 Å². The molecule has 0 aromatic heterocycles. The van der Waals surface area contributed by atoms with Gasteiger partial charge in [0.05, 0.1) is 13.5 Å². The van der Waals surface area contributed by atoms with Gasteiger partial charge in [0.1, 0.15) is 0 Å². The van der Waals surface area contributed by atoms with Gasteiger partial charge in [-0.3, -0.25) is 4.90 Å². The highest BCUT2D eigenvalue weighted by Crippen LogP contribution is 2.37. The molecule has 0 amide bonds. The predicted octanol–water partition coefficient (Wildman–Crippen LogP) is 3.14. The molecule has 4 nitrogen and oxygen atoms in total. The van der Waals surface area contributed by atoms with Gasteiger partial charge in [0.15, 0.2) is 11.5 Å². The van der Waals surface area contributed by atoms with Crippen molar-refractivity contribution in [1.82, 2.24) is 10.2 Å². The molecule has 0 bridgehead atoms. The zero-order chi connectivity index (χ0) is 15.5. The average Bonchev–Trinajstić information content (AvgIpc) is 2.45. The monoisotopic (exact) mass is 376 g/mol. The Labute approximate surface area is 145 Å². The molecule has 1 aromatic rings. The highest BCUT2D eigenvalue weighted by Gasteiger charge is 2.36. The molecule has 23 heavy (non-hydrogen) atoms. The van der Waals surface area contributed by atoms with Gasteiger partial charge in [0.2, 0.25) is 0 Å². The van der Waals surface area contributed by atoms with E-state index >= 15 is 0 Å². The maximum atomic E-state index is 12.9. The summed E-state index contributed by atoms with van der Waals surface area (Å²) in [6.07, 6.45) is -5.19. The highest BCUT2D eigenvalue weighted by molar-refractivity contribution is 5.85. The zero-order valence-corrected chi connectivity index (χ0v) is 14.2. The minimum atomic E-state index is -4.26. The molecule has 1 aliphatic heterocycles. The van der Waals surface area contributed by atoms with Gasteiger partial charge in [-0.05, 0) is 17.7 Å². The van der Waals surface area contributed by atoms with Crippen LogP contribution in [0.1, 0.15) is 18.0 Å². The smallest absolute Gasteiger partial charge is 0.390 e. The highest BCUT2D eigenvalue weighted by atomic mass is 35.5. The third kappa shape index (κ3) is 6.25. The molecule has 0 radical (unpaired) electrons. The van der Waals surface area contributed by atoms with Gasteiger partial charge in [-0.1, -0.05) is 6.07 Å². The number of nitrogens with zero attached hydrogens (tertiary/aromatic N) is 1. The standard InChI is InChI=1S/C14H19F3N2O2.2ClH/c1-21-13-3-2-10(8-12(13)20)11(9-14(15,16)17)19-6-4-18-5-7-19;;/h2-3,8,11,18,20H,4-7,9H2,1H3;2*1H/t11-;;/m0../s1. The van der Waals surface area contributed by atoms with Gasteiger partial charge in [0.25, 0.3) is 0 Å². The minimum absolute atomic E-state index is 0. The first-order chi connectivity index (χ1) is 9.90. The maximum Gasteiger partial charge on any atom is 0.390 e. The van der Waals surface area contributed by atoms with Crippen LogP contribution in [0.15, 0.2) is 18.2 Å². The summed E-state index contributed by atoms with van der Waals surface area (Å²) in [5.41, 5.74) is 0.451. The Bertz CT molecular complexity index is 484. The number of nitrogens with one attached hydrogen (secondary N) is 1. The molecule has 0 unspecified atom stereocenters. The van der Waals surface area contributed by atoms with E-state index < -0.39 is 18.6 Å². The lowest BCUT2D eigenvalue weighted by molar-refractivity contribution is -0.148. The summed E-state index contributed by atoms with van der Waals surface area (Å²) in [6.45, 7) is 2.42. The Hall–Kier alpha value is -0.890. The van der Waals surface area contributed by atoms with E-state index in [2.05, 4.69) is 5.32 Å². The number of phenolic OH excluding ortho intramolecular Hbond substituents is 1. The van der Waals surface area contributed by atoms with Crippen LogP contribution in [0.5, 0.6) is 11.5 Å². The molecule has 9 heteroatoms. The number of alkyl halides is 3. The topological polar surface area (TPSA) is 44.7 Å². The maximum absolute atomic E-state index is 12.9. The van der Waals surface area contributed by atoms with Crippen molar-refractivity contribution in [3.8, 4) is 11.5 Å². The van der Waals surface area contributed by atoms with Crippen LogP contribution in [0.25, 0.3) is 0 Å². The van der Waals surface area contributed by atoms with E-state index in [1.165, 1.54) is 19.2 Å². The second-order valence-electron chi connectivity index (χ2n) is 5.05. The number of piperazine rings is 1. The van der Waals surface area contributed by atoms with Crippen molar-refractivity contribution in [1.29, 1.82) is 0 Å². The molecule has 0 aliphatic carbocycles. The van der Waals surface area contributed by atoms with Crippen LogP contribution >= 0.6 is 24.8 Å². The summed E-state index contributed by atoms with van der Waals surface area (Å²) in [4.78, 5) is 1.80. The number of aromatic hydroxyl groups is 1. The molecule has 1 fully saturated rings. The molecule has 2 rings (SSSR count). The second-order valence-corrected chi connectivity index (χ2v) is 5.05. The Morgan fingerprint density at radius 3 is 2.35 bits per heavy atom. The first-order valence-corrected chi connectivity index (χ1v) is 6.79. The summed E-state index contributed by atoms with van der Waals surface area (Å²) in [5.74, 6) is 0.113. The van der Waals surface area contributed by atoms with Crippen LogP contribution in [0.4, 0.5) is 13.2 Å². The first-order valence-electron chi connectivity index (χ1n) is 6.79. The minimum Gasteiger partial charge on any atom is -0.504 e. The summed E-state index contributed by atoms with van der Waals surface area (Å²) in [5, 5.41) is 12.9. The largest absolute Gasteiger partial charge is 0.504 e. The Morgan fingerprint density at radius 1 is 1.26 bits per heavy atom. The normalized spacial score (nSPS) is 16.9. The van der Waals surface area contributed by atoms with Crippen molar-refractivity contribution in [2.75, 3.05) is 33.3 Å². The predicted molar refractivity (Wildman–Crippen MR) is 87.0 cm³/mol. The molecule has 2 N–H and O–H groups in total. The van der Waals surface area contributed by atoms with Crippen molar-refractivity contribution in [2.24, 2.45) is 0 Å². The molecule has 0 saturated carbocycles. The third-order valence-corrected chi connectivity index (χ3v) is 3.60. The van der Waals surface area contributed by atoms with Crippen molar-refractivity contribution < 1.29 is 23.0 Å². The van der Waals surface area contributed by atoms with Gasteiger partial charge in [-0.15, -0.1) is 24.8 Å². The quantitative estimate of drug-likeness (QED) is 0.847. The SMILES string of the molecule is COc1ccc([C@H](CC(F)(F)F)N2CCNCC2)cc1O.Cl.Cl. The molecule has 1 heterocycles. The van der Waals surface area contributed by atoms with Crippen molar-refractivity contribution in [3.63, 3.8) is 0 Å². The van der Waals surface area contributed by atoms with E-state index in [1.807, 2.05) is 0 Å². The van der Waals surface area contributed by atoms with Crippen LogP contribution in [0.3, 0.4) is 0 Å². The van der Waals surface area contributed by atoms with E-state index in [-0.39, 0.29) is 36.3 Å². The molecule has 1 atom stereocenters. The Morgan fingerprint density at radius 2 is 1.87 bits per heavy atom. The first kappa shape index (κ1) is 22.1. The van der Waals surface area contributed by atoms with E-state index in [9.17, 15) is 18.3 Å². The van der Waals surface area contributed by atoms with Gasteiger partial charge >= 0.3 is 6.18 Å². The van der Waals surface area contributed by atoms with Crippen molar-refractivity contribution in [3.05, 3.63) is 23.8 Å². The summed E-state index contributed by atoms with van der Waals surface area (Å²) < 4.78 is 43.5. The number of hydrogen-bond donors (Lipinski definition) is 2. The Kier molecular flexibility index (Phi) is 9.05. The lowest BCUT2D eigenvalue weighted by Gasteiger charge is -2.35. The molecular weight excluding hydrogens is 356 g/mol. The van der Waals surface area contributed by atoms with E-state index in [0.29, 0.717) is 31.7 Å². The van der Waals surface area contributed by atoms with Gasteiger partial charge in [-0.25, -0.2) is 0 Å². The molecule has 0 spiro atoms. The van der Waals surface area contributed by atoms with Crippen LogP contribution in [0.2, 0.25) is 0 Å². The van der Waals surface area contributed by atoms with E-state index in [4.69, 9.17) is 4.74 Å². The second kappa shape index (κ2) is 9.42.